The van der Waals surface area contributed by atoms with Crippen molar-refractivity contribution in [3.8, 4) is 11.5 Å². The van der Waals surface area contributed by atoms with E-state index < -0.39 is 16.4 Å². The van der Waals surface area contributed by atoms with E-state index in [1.165, 1.54) is 12.3 Å². The molecule has 0 aliphatic rings. The second kappa shape index (κ2) is 8.60. The maximum absolute atomic E-state index is 11.9. The molecule has 0 spiro atoms. The van der Waals surface area contributed by atoms with Gasteiger partial charge in [0.05, 0.1) is 17.7 Å². The Balaban J connectivity index is 2.09. The molecule has 0 amide bonds. The van der Waals surface area contributed by atoms with Crippen molar-refractivity contribution in [2.75, 3.05) is 11.9 Å². The molecule has 0 saturated heterocycles. The first-order valence-corrected chi connectivity index (χ1v) is 7.69. The lowest BCUT2D eigenvalue weighted by atomic mass is 10.2. The average Bonchev–Trinajstić information content (AvgIpc) is 2.58. The van der Waals surface area contributed by atoms with Gasteiger partial charge in [-0.1, -0.05) is 18.2 Å². The SMILES string of the molecule is CCOc1cc(C=NNC(=S)Nc2ccccc2)cc([N+](=O)[O-])c1[O-]. The number of hydrazone groups is 1. The molecular weight excluding hydrogens is 344 g/mol. The van der Waals surface area contributed by atoms with Crippen LogP contribution in [0, 0.1) is 10.1 Å². The van der Waals surface area contributed by atoms with Crippen molar-refractivity contribution in [2.24, 2.45) is 5.10 Å². The summed E-state index contributed by atoms with van der Waals surface area (Å²) in [5.41, 5.74) is 3.15. The van der Waals surface area contributed by atoms with Crippen LogP contribution in [0.4, 0.5) is 11.4 Å². The molecular formula is C16H15N4O4S-. The zero-order valence-electron chi connectivity index (χ0n) is 13.3. The number of nitrogens with one attached hydrogen (secondary N) is 2. The fourth-order valence-electron chi connectivity index (χ4n) is 1.93. The molecule has 8 nitrogen and oxygen atoms in total. The topological polar surface area (TPSA) is 112 Å². The summed E-state index contributed by atoms with van der Waals surface area (Å²) in [6.07, 6.45) is 1.31. The predicted octanol–water partition coefficient (Wildman–Crippen LogP) is 2.39. The molecule has 0 radical (unpaired) electrons. The number of nitro benzene ring substituents is 1. The van der Waals surface area contributed by atoms with Crippen LogP contribution in [0.2, 0.25) is 0 Å². The number of thiocarbonyl (C=S) groups is 1. The number of hydrogen-bond acceptors (Lipinski definition) is 6. The maximum Gasteiger partial charge on any atom is 0.266 e. The fraction of sp³-hybridized carbons (Fsp3) is 0.125. The molecule has 0 heterocycles. The third-order valence-corrected chi connectivity index (χ3v) is 3.16. The molecule has 0 aromatic heterocycles. The van der Waals surface area contributed by atoms with Crippen LogP contribution in [0.15, 0.2) is 47.6 Å². The number of benzene rings is 2. The number of para-hydroxylation sites is 1. The van der Waals surface area contributed by atoms with Crippen molar-refractivity contribution in [3.05, 3.63) is 58.1 Å². The van der Waals surface area contributed by atoms with Gasteiger partial charge in [0.15, 0.2) is 5.11 Å². The predicted molar refractivity (Wildman–Crippen MR) is 97.1 cm³/mol. The van der Waals surface area contributed by atoms with Crippen molar-refractivity contribution in [1.29, 1.82) is 0 Å². The van der Waals surface area contributed by atoms with E-state index in [0.717, 1.165) is 11.8 Å². The van der Waals surface area contributed by atoms with Crippen molar-refractivity contribution < 1.29 is 14.8 Å². The quantitative estimate of drug-likeness (QED) is 0.352. The third kappa shape index (κ3) is 5.15. The Kier molecular flexibility index (Phi) is 6.24. The number of rotatable bonds is 6. The Morgan fingerprint density at radius 3 is 2.72 bits per heavy atom. The van der Waals surface area contributed by atoms with Gasteiger partial charge in [-0.2, -0.15) is 5.10 Å². The first kappa shape index (κ1) is 18.1. The number of nitro groups is 1. The molecule has 2 aromatic rings. The van der Waals surface area contributed by atoms with Gasteiger partial charge in [-0.05, 0) is 37.3 Å². The van der Waals surface area contributed by atoms with Gasteiger partial charge in [-0.15, -0.1) is 0 Å². The Hall–Kier alpha value is -3.20. The Morgan fingerprint density at radius 2 is 2.08 bits per heavy atom. The minimum Gasteiger partial charge on any atom is -0.865 e. The summed E-state index contributed by atoms with van der Waals surface area (Å²) in [5.74, 6) is -0.860. The fourth-order valence-corrected chi connectivity index (χ4v) is 2.10. The monoisotopic (exact) mass is 359 g/mol. The minimum absolute atomic E-state index is 0.0943. The highest BCUT2D eigenvalue weighted by Gasteiger charge is 2.13. The van der Waals surface area contributed by atoms with Crippen LogP contribution in [0.25, 0.3) is 0 Å². The molecule has 25 heavy (non-hydrogen) atoms. The van der Waals surface area contributed by atoms with E-state index in [0.29, 0.717) is 5.56 Å². The molecule has 9 heteroatoms. The highest BCUT2D eigenvalue weighted by atomic mass is 32.1. The molecule has 2 N–H and O–H groups in total. The molecule has 0 aliphatic heterocycles. The number of hydrogen-bond donors (Lipinski definition) is 2. The van der Waals surface area contributed by atoms with Crippen LogP contribution >= 0.6 is 12.2 Å². The second-order valence-electron chi connectivity index (χ2n) is 4.75. The molecule has 0 atom stereocenters. The Labute approximate surface area is 149 Å². The number of nitrogens with zero attached hydrogens (tertiary/aromatic N) is 2. The van der Waals surface area contributed by atoms with Gasteiger partial charge in [-0.25, -0.2) is 0 Å². The molecule has 0 bridgehead atoms. The van der Waals surface area contributed by atoms with Gasteiger partial charge in [0.25, 0.3) is 5.69 Å². The molecule has 0 saturated carbocycles. The van der Waals surface area contributed by atoms with Crippen molar-refractivity contribution in [3.63, 3.8) is 0 Å². The van der Waals surface area contributed by atoms with E-state index in [2.05, 4.69) is 15.8 Å². The number of anilines is 1. The summed E-state index contributed by atoms with van der Waals surface area (Å²) in [4.78, 5) is 10.2. The largest absolute Gasteiger partial charge is 0.865 e. The second-order valence-corrected chi connectivity index (χ2v) is 5.16. The van der Waals surface area contributed by atoms with E-state index in [-0.39, 0.29) is 17.5 Å². The number of ether oxygens (including phenoxy) is 1. The first-order valence-electron chi connectivity index (χ1n) is 7.28. The lowest BCUT2D eigenvalue weighted by Crippen LogP contribution is -2.23. The van der Waals surface area contributed by atoms with Crippen LogP contribution in [0.1, 0.15) is 12.5 Å². The van der Waals surface area contributed by atoms with Gasteiger partial charge in [0.2, 0.25) is 0 Å². The summed E-state index contributed by atoms with van der Waals surface area (Å²) in [6.45, 7) is 1.90. The van der Waals surface area contributed by atoms with Gasteiger partial charge >= 0.3 is 0 Å². The van der Waals surface area contributed by atoms with Gasteiger partial charge in [-0.3, -0.25) is 15.5 Å². The zero-order valence-corrected chi connectivity index (χ0v) is 14.1. The van der Waals surface area contributed by atoms with Gasteiger partial charge in [0, 0.05) is 23.1 Å². The average molecular weight is 359 g/mol. The van der Waals surface area contributed by atoms with Crippen molar-refractivity contribution >= 4 is 34.9 Å². The zero-order chi connectivity index (χ0) is 18.2. The molecule has 0 unspecified atom stereocenters. The van der Waals surface area contributed by atoms with E-state index in [1.807, 2.05) is 30.3 Å². The van der Waals surface area contributed by atoms with E-state index in [1.54, 1.807) is 6.92 Å². The van der Waals surface area contributed by atoms with E-state index in [9.17, 15) is 15.2 Å². The summed E-state index contributed by atoms with van der Waals surface area (Å²) in [7, 11) is 0. The lowest BCUT2D eigenvalue weighted by molar-refractivity contribution is -0.398. The minimum atomic E-state index is -0.766. The summed E-state index contributed by atoms with van der Waals surface area (Å²) in [5, 5.41) is 29.9. The summed E-state index contributed by atoms with van der Waals surface area (Å²) < 4.78 is 5.14. The van der Waals surface area contributed by atoms with E-state index >= 15 is 0 Å². The first-order chi connectivity index (χ1) is 12.0. The summed E-state index contributed by atoms with van der Waals surface area (Å²) in [6, 6.07) is 11.8. The smallest absolute Gasteiger partial charge is 0.266 e. The molecule has 130 valence electrons. The van der Waals surface area contributed by atoms with Crippen molar-refractivity contribution in [1.82, 2.24) is 5.43 Å². The van der Waals surface area contributed by atoms with Crippen LogP contribution in [-0.2, 0) is 0 Å². The molecule has 0 fully saturated rings. The summed E-state index contributed by atoms with van der Waals surface area (Å²) >= 11 is 5.09. The maximum atomic E-state index is 11.9. The molecule has 2 aromatic carbocycles. The highest BCUT2D eigenvalue weighted by Crippen LogP contribution is 2.34. The highest BCUT2D eigenvalue weighted by molar-refractivity contribution is 7.80. The Morgan fingerprint density at radius 1 is 1.36 bits per heavy atom. The van der Waals surface area contributed by atoms with Crippen LogP contribution in [0.5, 0.6) is 11.5 Å². The normalized spacial score (nSPS) is 10.4. The van der Waals surface area contributed by atoms with Crippen molar-refractivity contribution in [2.45, 2.75) is 6.92 Å². The molecule has 2 rings (SSSR count). The van der Waals surface area contributed by atoms with Crippen LogP contribution < -0.4 is 20.6 Å². The van der Waals surface area contributed by atoms with E-state index in [4.69, 9.17) is 17.0 Å². The van der Waals surface area contributed by atoms with Crippen LogP contribution in [0.3, 0.4) is 0 Å². The van der Waals surface area contributed by atoms with Gasteiger partial charge < -0.3 is 15.2 Å². The van der Waals surface area contributed by atoms with Gasteiger partial charge in [0.1, 0.15) is 5.75 Å². The van der Waals surface area contributed by atoms with Crippen LogP contribution in [-0.4, -0.2) is 22.9 Å². The Bertz CT molecular complexity index is 796. The molecule has 0 aliphatic carbocycles. The lowest BCUT2D eigenvalue weighted by Gasteiger charge is -2.14. The third-order valence-electron chi connectivity index (χ3n) is 2.97. The standard InChI is InChI=1S/C16H16N4O4S/c1-2-24-14-9-11(8-13(15(14)21)20(22)23)10-17-19-16(25)18-12-6-4-3-5-7-12/h3-10,21H,2H2,1H3,(H2,18,19,25)/p-1.